The van der Waals surface area contributed by atoms with Crippen LogP contribution in [0.25, 0.3) is 0 Å². The van der Waals surface area contributed by atoms with E-state index in [4.69, 9.17) is 20.9 Å². The van der Waals surface area contributed by atoms with Gasteiger partial charge in [0.2, 0.25) is 0 Å². The minimum atomic E-state index is -1.67. The Bertz CT molecular complexity index is 219. The molecule has 16 heavy (non-hydrogen) atoms. The summed E-state index contributed by atoms with van der Waals surface area (Å²) >= 11 is 3.98. The van der Waals surface area contributed by atoms with E-state index in [1.807, 2.05) is 0 Å². The van der Waals surface area contributed by atoms with Gasteiger partial charge in [-0.25, -0.2) is 0 Å². The Morgan fingerprint density at radius 1 is 1.69 bits per heavy atom. The predicted molar refractivity (Wildman–Crippen MR) is 65.0 cm³/mol. The zero-order valence-corrected chi connectivity index (χ0v) is 10.2. The van der Waals surface area contributed by atoms with Crippen LogP contribution in [0.2, 0.25) is 0 Å². The molecule has 0 unspecified atom stereocenters. The van der Waals surface area contributed by atoms with Gasteiger partial charge in [-0.2, -0.15) is 12.6 Å². The van der Waals surface area contributed by atoms with Crippen molar-refractivity contribution in [3.8, 4) is 0 Å². The van der Waals surface area contributed by atoms with Gasteiger partial charge in [0, 0.05) is 4.75 Å². The van der Waals surface area contributed by atoms with Gasteiger partial charge in [0.1, 0.15) is 6.04 Å². The molecule has 0 aromatic rings. The standard InChI is InChI=1S/C5H11NO2S.C3H7BO3/c1-5(2,9)3(6)4(7)8;1-2-3-7-4(5)6/h3,9H,6H2,1-2H3,(H,7,8);2,5-6H,1,3H2/t3-;/m0./s1. The number of hydrogen-bond donors (Lipinski definition) is 5. The molecular formula is C8H18BNO5S. The van der Waals surface area contributed by atoms with Gasteiger partial charge in [-0.15, -0.1) is 6.58 Å². The zero-order valence-electron chi connectivity index (χ0n) is 9.33. The topological polar surface area (TPSA) is 113 Å². The first-order chi connectivity index (χ1) is 7.12. The van der Waals surface area contributed by atoms with E-state index < -0.39 is 24.1 Å². The van der Waals surface area contributed by atoms with E-state index >= 15 is 0 Å². The van der Waals surface area contributed by atoms with Gasteiger partial charge < -0.3 is 25.5 Å². The predicted octanol–water partition coefficient (Wildman–Crippen LogP) is -0.735. The molecule has 94 valence electrons. The Labute approximate surface area is 101 Å². The maximum atomic E-state index is 10.2. The molecule has 1 atom stereocenters. The molecule has 0 amide bonds. The number of hydrogen-bond acceptors (Lipinski definition) is 6. The van der Waals surface area contributed by atoms with E-state index in [1.165, 1.54) is 6.08 Å². The zero-order chi connectivity index (χ0) is 13.4. The molecular weight excluding hydrogens is 233 g/mol. The molecule has 0 radical (unpaired) electrons. The van der Waals surface area contributed by atoms with Gasteiger partial charge in [0.05, 0.1) is 6.61 Å². The van der Waals surface area contributed by atoms with Gasteiger partial charge >= 0.3 is 13.3 Å². The van der Waals surface area contributed by atoms with Gasteiger partial charge in [-0.05, 0) is 13.8 Å². The van der Waals surface area contributed by atoms with E-state index in [-0.39, 0.29) is 6.61 Å². The van der Waals surface area contributed by atoms with Crippen molar-refractivity contribution in [1.82, 2.24) is 0 Å². The van der Waals surface area contributed by atoms with Crippen LogP contribution in [0.1, 0.15) is 13.8 Å². The fourth-order valence-corrected chi connectivity index (χ4v) is 0.567. The minimum Gasteiger partial charge on any atom is -0.480 e. The molecule has 0 spiro atoms. The fourth-order valence-electron chi connectivity index (χ4n) is 0.456. The highest BCUT2D eigenvalue weighted by molar-refractivity contribution is 7.81. The van der Waals surface area contributed by atoms with Gasteiger partial charge in [0.25, 0.3) is 0 Å². The molecule has 0 saturated heterocycles. The second-order valence-corrected chi connectivity index (χ2v) is 4.57. The van der Waals surface area contributed by atoms with Crippen molar-refractivity contribution in [2.24, 2.45) is 5.73 Å². The second kappa shape index (κ2) is 8.60. The molecule has 0 aliphatic rings. The summed E-state index contributed by atoms with van der Waals surface area (Å²) in [6, 6.07) is -0.902. The van der Waals surface area contributed by atoms with E-state index in [1.54, 1.807) is 13.8 Å². The molecule has 0 rings (SSSR count). The lowest BCUT2D eigenvalue weighted by atomic mass is 10.1. The lowest BCUT2D eigenvalue weighted by Gasteiger charge is -2.21. The van der Waals surface area contributed by atoms with Crippen LogP contribution in [0.4, 0.5) is 0 Å². The highest BCUT2D eigenvalue weighted by atomic mass is 32.1. The first-order valence-electron chi connectivity index (χ1n) is 4.42. The van der Waals surface area contributed by atoms with Gasteiger partial charge in [0.15, 0.2) is 0 Å². The third-order valence-corrected chi connectivity index (χ3v) is 1.67. The summed E-state index contributed by atoms with van der Waals surface area (Å²) in [5, 5.41) is 24.3. The normalized spacial score (nSPS) is 12.1. The second-order valence-electron chi connectivity index (χ2n) is 3.42. The van der Waals surface area contributed by atoms with Crippen LogP contribution in [0.3, 0.4) is 0 Å². The van der Waals surface area contributed by atoms with Crippen molar-refractivity contribution in [1.29, 1.82) is 0 Å². The molecule has 0 saturated carbocycles. The number of carboxylic acids is 1. The van der Waals surface area contributed by atoms with E-state index in [9.17, 15) is 4.79 Å². The first kappa shape index (κ1) is 17.8. The Kier molecular flexibility index (Phi) is 9.59. The van der Waals surface area contributed by atoms with Crippen molar-refractivity contribution in [2.45, 2.75) is 24.6 Å². The SMILES string of the molecule is C=CCOB(O)O.CC(C)(S)[C@@H](N)C(=O)O. The Morgan fingerprint density at radius 2 is 2.12 bits per heavy atom. The monoisotopic (exact) mass is 251 g/mol. The average Bonchev–Trinajstić information content (AvgIpc) is 2.12. The molecule has 5 N–H and O–H groups in total. The number of carboxylic acid groups (broad SMARTS) is 1. The van der Waals surface area contributed by atoms with Crippen LogP contribution in [0, 0.1) is 0 Å². The van der Waals surface area contributed by atoms with Crippen LogP contribution < -0.4 is 5.73 Å². The van der Waals surface area contributed by atoms with E-state index in [2.05, 4.69) is 23.9 Å². The summed E-state index contributed by atoms with van der Waals surface area (Å²) in [5.74, 6) is -1.02. The minimum absolute atomic E-state index is 0.164. The smallest absolute Gasteiger partial charge is 0.480 e. The Morgan fingerprint density at radius 3 is 2.19 bits per heavy atom. The molecule has 0 fully saturated rings. The van der Waals surface area contributed by atoms with E-state index in [0.717, 1.165) is 0 Å². The summed E-state index contributed by atoms with van der Waals surface area (Å²) in [6.07, 6.45) is 1.43. The number of rotatable bonds is 5. The molecule has 0 aliphatic heterocycles. The summed E-state index contributed by atoms with van der Waals surface area (Å²) in [7, 11) is -1.67. The fraction of sp³-hybridized carbons (Fsp3) is 0.625. The highest BCUT2D eigenvalue weighted by Gasteiger charge is 2.27. The van der Waals surface area contributed by atoms with Crippen LogP contribution >= 0.6 is 12.6 Å². The molecule has 0 aromatic heterocycles. The van der Waals surface area contributed by atoms with Crippen molar-refractivity contribution in [3.63, 3.8) is 0 Å². The number of carbonyl (C=O) groups is 1. The third-order valence-electron chi connectivity index (χ3n) is 1.39. The van der Waals surface area contributed by atoms with Crippen molar-refractivity contribution in [3.05, 3.63) is 12.7 Å². The Hall–Kier alpha value is -0.535. The first-order valence-corrected chi connectivity index (χ1v) is 4.87. The van der Waals surface area contributed by atoms with Crippen molar-refractivity contribution in [2.75, 3.05) is 6.61 Å². The molecule has 6 nitrogen and oxygen atoms in total. The van der Waals surface area contributed by atoms with Crippen molar-refractivity contribution >= 4 is 25.9 Å². The summed E-state index contributed by atoms with van der Waals surface area (Å²) in [6.45, 7) is 6.77. The third kappa shape index (κ3) is 11.5. The summed E-state index contributed by atoms with van der Waals surface area (Å²) in [4.78, 5) is 10.2. The van der Waals surface area contributed by atoms with Crippen LogP contribution in [0.15, 0.2) is 12.7 Å². The molecule has 0 aliphatic carbocycles. The largest absolute Gasteiger partial charge is 0.634 e. The van der Waals surface area contributed by atoms with Gasteiger partial charge in [-0.3, -0.25) is 4.79 Å². The molecule has 0 aromatic carbocycles. The highest BCUT2D eigenvalue weighted by Crippen LogP contribution is 2.15. The number of thiol groups is 1. The van der Waals surface area contributed by atoms with Crippen LogP contribution in [0.5, 0.6) is 0 Å². The van der Waals surface area contributed by atoms with Crippen LogP contribution in [-0.4, -0.2) is 45.8 Å². The summed E-state index contributed by atoms with van der Waals surface area (Å²) in [5.41, 5.74) is 5.22. The molecule has 0 bridgehead atoms. The van der Waals surface area contributed by atoms with Gasteiger partial charge in [-0.1, -0.05) is 6.08 Å². The van der Waals surface area contributed by atoms with Crippen molar-refractivity contribution < 1.29 is 24.6 Å². The lowest BCUT2D eigenvalue weighted by Crippen LogP contribution is -2.45. The quantitative estimate of drug-likeness (QED) is 0.250. The molecule has 8 heteroatoms. The molecule has 0 heterocycles. The summed E-state index contributed by atoms with van der Waals surface area (Å²) < 4.78 is 3.54. The lowest BCUT2D eigenvalue weighted by molar-refractivity contribution is -0.139. The maximum absolute atomic E-state index is 10.2. The maximum Gasteiger partial charge on any atom is 0.634 e. The number of nitrogens with two attached hydrogens (primary N) is 1. The Balaban J connectivity index is 0. The van der Waals surface area contributed by atoms with Crippen LogP contribution in [-0.2, 0) is 9.45 Å². The average molecular weight is 251 g/mol. The van der Waals surface area contributed by atoms with E-state index in [0.29, 0.717) is 0 Å². The number of aliphatic carboxylic acids is 1.